The fraction of sp³-hybridized carbons (Fsp3) is 0.594. The van der Waals surface area contributed by atoms with Crippen LogP contribution in [0.4, 0.5) is 5.69 Å². The number of nitrogens with zero attached hydrogens (tertiary/aromatic N) is 2. The predicted molar refractivity (Wildman–Crippen MR) is 152 cm³/mol. The third-order valence-electron chi connectivity index (χ3n) is 10.1. The van der Waals surface area contributed by atoms with Crippen LogP contribution in [0.5, 0.6) is 0 Å². The molecule has 4 aliphatic carbocycles. The number of rotatable bonds is 7. The second-order valence-electron chi connectivity index (χ2n) is 12.4. The highest BCUT2D eigenvalue weighted by atomic mass is 16.6. The smallest absolute Gasteiger partial charge is 0.303 e. The number of nitroso groups, excluding NO2 is 1. The Kier molecular flexibility index (Phi) is 7.48. The van der Waals surface area contributed by atoms with Crippen molar-refractivity contribution in [3.63, 3.8) is 0 Å². The van der Waals surface area contributed by atoms with Crippen molar-refractivity contribution in [2.24, 2.45) is 22.4 Å². The van der Waals surface area contributed by atoms with Gasteiger partial charge in [-0.1, -0.05) is 35.9 Å². The number of esters is 2. The first-order valence-corrected chi connectivity index (χ1v) is 14.4. The molecule has 0 aromatic heterocycles. The van der Waals surface area contributed by atoms with E-state index in [1.54, 1.807) is 0 Å². The largest absolute Gasteiger partial charge is 0.458 e. The van der Waals surface area contributed by atoms with Crippen LogP contribution in [0.15, 0.2) is 52.2 Å². The Morgan fingerprint density at radius 1 is 1.07 bits per heavy atom. The highest BCUT2D eigenvalue weighted by Crippen LogP contribution is 2.67. The lowest BCUT2D eigenvalue weighted by Gasteiger charge is -2.54. The molecule has 0 bridgehead atoms. The molecule has 0 radical (unpaired) electrons. The lowest BCUT2D eigenvalue weighted by molar-refractivity contribution is -0.186. The van der Waals surface area contributed by atoms with Crippen LogP contribution in [0.1, 0.15) is 77.2 Å². The van der Waals surface area contributed by atoms with E-state index in [-0.39, 0.29) is 29.6 Å². The summed E-state index contributed by atoms with van der Waals surface area (Å²) in [5.41, 5.74) is 4.29. The van der Waals surface area contributed by atoms with Gasteiger partial charge in [0.15, 0.2) is 12.2 Å². The van der Waals surface area contributed by atoms with Crippen LogP contribution in [-0.4, -0.2) is 50.1 Å². The van der Waals surface area contributed by atoms with E-state index >= 15 is 0 Å². The van der Waals surface area contributed by atoms with Crippen LogP contribution in [0.25, 0.3) is 0 Å². The summed E-state index contributed by atoms with van der Waals surface area (Å²) in [7, 11) is 4.03. The number of ether oxygens (including phenoxy) is 2. The minimum absolute atomic E-state index is 0.0245. The monoisotopic (exact) mass is 548 g/mol. The summed E-state index contributed by atoms with van der Waals surface area (Å²) in [6, 6.07) is 8.41. The maximum Gasteiger partial charge on any atom is 0.303 e. The van der Waals surface area contributed by atoms with Gasteiger partial charge in [0.25, 0.3) is 0 Å². The molecule has 8 nitrogen and oxygen atoms in total. The first kappa shape index (κ1) is 28.2. The van der Waals surface area contributed by atoms with Gasteiger partial charge in [0, 0.05) is 45.0 Å². The fourth-order valence-electron chi connectivity index (χ4n) is 8.32. The Balaban J connectivity index is 1.63. The predicted octanol–water partition coefficient (Wildman–Crippen LogP) is 5.65. The molecule has 0 heterocycles. The van der Waals surface area contributed by atoms with E-state index in [4.69, 9.17) is 9.47 Å². The van der Waals surface area contributed by atoms with Crippen molar-refractivity contribution >= 4 is 23.4 Å². The maximum atomic E-state index is 13.9. The second kappa shape index (κ2) is 10.6. The molecule has 0 spiro atoms. The molecule has 0 amide bonds. The van der Waals surface area contributed by atoms with Crippen molar-refractivity contribution in [3.8, 4) is 0 Å². The number of hydrogen-bond donors (Lipinski definition) is 0. The van der Waals surface area contributed by atoms with Gasteiger partial charge in [-0.25, -0.2) is 0 Å². The molecule has 4 unspecified atom stereocenters. The summed E-state index contributed by atoms with van der Waals surface area (Å²) >= 11 is 0. The molecular weight excluding hydrogens is 508 g/mol. The zero-order valence-electron chi connectivity index (χ0n) is 24.2. The molecule has 0 N–H and O–H groups in total. The minimum Gasteiger partial charge on any atom is -0.458 e. The van der Waals surface area contributed by atoms with Crippen molar-refractivity contribution in [1.29, 1.82) is 0 Å². The standard InChI is InChI=1S/C32H40N2O6/c1-19(35)39-18-29(37)32(40-20(2)36)15-14-28-26-12-8-22-16-23(33-38)9-13-25(22)30(26)27(17-31(28,32)3)21-6-10-24(11-7-21)34(4)5/h6-8,10-11,23,26-28H,9,12-18H2,1-5H3/t23?,26?,27?,28?,31-,32-/m0/s1. The second-order valence-corrected chi connectivity index (χ2v) is 12.4. The third kappa shape index (κ3) is 4.59. The lowest BCUT2D eigenvalue weighted by Crippen LogP contribution is -2.58. The average Bonchev–Trinajstić information content (AvgIpc) is 3.22. The number of allylic oxidation sites excluding steroid dienone is 3. The molecular formula is C32H40N2O6. The van der Waals surface area contributed by atoms with Gasteiger partial charge in [-0.3, -0.25) is 14.4 Å². The Labute approximate surface area is 236 Å². The van der Waals surface area contributed by atoms with E-state index in [1.165, 1.54) is 36.1 Å². The summed E-state index contributed by atoms with van der Waals surface area (Å²) in [5.74, 6) is -1.05. The number of ketones is 1. The highest BCUT2D eigenvalue weighted by Gasteiger charge is 2.68. The number of fused-ring (bicyclic) bond motifs is 4. The number of carbonyl (C=O) groups is 3. The van der Waals surface area contributed by atoms with Crippen molar-refractivity contribution in [2.75, 3.05) is 25.6 Å². The van der Waals surface area contributed by atoms with E-state index in [0.29, 0.717) is 19.3 Å². The van der Waals surface area contributed by atoms with Crippen LogP contribution < -0.4 is 4.90 Å². The number of benzene rings is 1. The first-order valence-electron chi connectivity index (χ1n) is 14.4. The normalized spacial score (nSPS) is 32.7. The summed E-state index contributed by atoms with van der Waals surface area (Å²) < 4.78 is 11.2. The van der Waals surface area contributed by atoms with E-state index in [2.05, 4.69) is 47.3 Å². The molecule has 5 rings (SSSR count). The van der Waals surface area contributed by atoms with Crippen LogP contribution in [0.3, 0.4) is 0 Å². The van der Waals surface area contributed by atoms with E-state index in [1.807, 2.05) is 14.1 Å². The van der Waals surface area contributed by atoms with Gasteiger partial charge in [-0.15, -0.1) is 0 Å². The number of Topliss-reactive ketones (excluding diaryl/α,β-unsaturated/α-hetero) is 1. The minimum atomic E-state index is -1.36. The van der Waals surface area contributed by atoms with Gasteiger partial charge in [-0.05, 0) is 85.6 Å². The SMILES string of the molecule is CC(=O)OCC(=O)[C@@]1(OC(C)=O)CCC2C3CC=C4CC(N=O)CCC4=C3C(c3ccc(N(C)C)cc3)C[C@@]21C. The molecule has 4 aliphatic rings. The maximum absolute atomic E-state index is 13.9. The van der Waals surface area contributed by atoms with Gasteiger partial charge in [0.2, 0.25) is 5.78 Å². The Bertz CT molecular complexity index is 1280. The van der Waals surface area contributed by atoms with Crippen LogP contribution in [-0.2, 0) is 23.9 Å². The molecule has 0 aliphatic heterocycles. The summed E-state index contributed by atoms with van der Waals surface area (Å²) in [5, 5.41) is 3.37. The quantitative estimate of drug-likeness (QED) is 0.320. The van der Waals surface area contributed by atoms with Crippen LogP contribution in [0, 0.1) is 22.2 Å². The van der Waals surface area contributed by atoms with Gasteiger partial charge in [-0.2, -0.15) is 4.91 Å². The van der Waals surface area contributed by atoms with Crippen LogP contribution in [0.2, 0.25) is 0 Å². The molecule has 0 saturated heterocycles. The number of anilines is 1. The summed E-state index contributed by atoms with van der Waals surface area (Å²) in [6.45, 7) is 4.32. The zero-order chi connectivity index (χ0) is 28.8. The zero-order valence-corrected chi connectivity index (χ0v) is 24.2. The van der Waals surface area contributed by atoms with Crippen molar-refractivity contribution in [3.05, 3.63) is 57.5 Å². The van der Waals surface area contributed by atoms with E-state index in [9.17, 15) is 19.3 Å². The van der Waals surface area contributed by atoms with Gasteiger partial charge in [0.05, 0.1) is 6.04 Å². The van der Waals surface area contributed by atoms with Crippen molar-refractivity contribution < 1.29 is 23.9 Å². The fourth-order valence-corrected chi connectivity index (χ4v) is 8.32. The topological polar surface area (TPSA) is 102 Å². The number of hydrogen-bond acceptors (Lipinski definition) is 8. The van der Waals surface area contributed by atoms with E-state index in [0.717, 1.165) is 31.4 Å². The molecule has 3 saturated carbocycles. The molecule has 40 heavy (non-hydrogen) atoms. The molecule has 214 valence electrons. The lowest BCUT2D eigenvalue weighted by atomic mass is 9.51. The molecule has 1 aromatic rings. The third-order valence-corrected chi connectivity index (χ3v) is 10.1. The van der Waals surface area contributed by atoms with Gasteiger partial charge < -0.3 is 14.4 Å². The first-order chi connectivity index (χ1) is 19.0. The Morgan fingerprint density at radius 3 is 2.42 bits per heavy atom. The van der Waals surface area contributed by atoms with Crippen molar-refractivity contribution in [2.45, 2.75) is 83.3 Å². The van der Waals surface area contributed by atoms with Crippen molar-refractivity contribution in [1.82, 2.24) is 0 Å². The Hall–Kier alpha value is -3.29. The average molecular weight is 549 g/mol. The van der Waals surface area contributed by atoms with Gasteiger partial charge in [0.1, 0.15) is 0 Å². The number of carbonyl (C=O) groups excluding carboxylic acids is 3. The molecule has 6 atom stereocenters. The highest BCUT2D eigenvalue weighted by molar-refractivity contribution is 5.93. The Morgan fingerprint density at radius 2 is 1.80 bits per heavy atom. The molecule has 3 fully saturated rings. The molecule has 8 heteroatoms. The molecule has 1 aromatic carbocycles. The summed E-state index contributed by atoms with van der Waals surface area (Å²) in [6.07, 6.45) is 7.14. The van der Waals surface area contributed by atoms with E-state index < -0.39 is 29.6 Å². The van der Waals surface area contributed by atoms with Gasteiger partial charge >= 0.3 is 11.9 Å². The van der Waals surface area contributed by atoms with Crippen LogP contribution >= 0.6 is 0 Å². The summed E-state index contributed by atoms with van der Waals surface area (Å²) in [4.78, 5) is 51.4.